The van der Waals surface area contributed by atoms with Gasteiger partial charge in [0, 0.05) is 25.0 Å². The Kier molecular flexibility index (Phi) is 5.78. The van der Waals surface area contributed by atoms with Gasteiger partial charge in [0.05, 0.1) is 24.2 Å². The van der Waals surface area contributed by atoms with Crippen molar-refractivity contribution in [1.82, 2.24) is 4.90 Å². The van der Waals surface area contributed by atoms with Crippen LogP contribution in [0.2, 0.25) is 0 Å². The second-order valence-electron chi connectivity index (χ2n) is 7.39. The molecule has 0 saturated carbocycles. The van der Waals surface area contributed by atoms with Crippen LogP contribution in [0.5, 0.6) is 0 Å². The number of nitrogens with one attached hydrogen (secondary N) is 1. The Labute approximate surface area is 173 Å². The molecule has 156 valence electrons. The fourth-order valence-electron chi connectivity index (χ4n) is 3.70. The fourth-order valence-corrected chi connectivity index (χ4v) is 3.70. The first-order chi connectivity index (χ1) is 14.5. The monoisotopic (exact) mass is 409 g/mol. The average molecular weight is 409 g/mol. The Balaban J connectivity index is 1.79. The lowest BCUT2D eigenvalue weighted by atomic mass is 10.0. The molecule has 1 aliphatic heterocycles. The summed E-state index contributed by atoms with van der Waals surface area (Å²) in [5.41, 5.74) is 1.07. The van der Waals surface area contributed by atoms with E-state index >= 15 is 0 Å². The van der Waals surface area contributed by atoms with Crippen LogP contribution in [0.1, 0.15) is 17.2 Å². The number of aryl methyl sites for hydroxylation is 1. The van der Waals surface area contributed by atoms with Crippen LogP contribution >= 0.6 is 0 Å². The first kappa shape index (κ1) is 20.1. The summed E-state index contributed by atoms with van der Waals surface area (Å²) in [6.45, 7) is 5.50. The average Bonchev–Trinajstić information content (AvgIpc) is 2.74. The quantitative estimate of drug-likeness (QED) is 0.378. The Hall–Kier alpha value is -3.23. The predicted molar refractivity (Wildman–Crippen MR) is 114 cm³/mol. The van der Waals surface area contributed by atoms with E-state index in [1.165, 1.54) is 0 Å². The summed E-state index contributed by atoms with van der Waals surface area (Å²) in [5, 5.41) is 15.5. The largest absolute Gasteiger partial charge is 0.418 e. The van der Waals surface area contributed by atoms with Gasteiger partial charge in [-0.1, -0.05) is 42.0 Å². The van der Waals surface area contributed by atoms with E-state index in [1.807, 2.05) is 31.2 Å². The molecule has 0 unspecified atom stereocenters. The zero-order chi connectivity index (χ0) is 21.1. The molecule has 4 rings (SSSR count). The number of rotatable bonds is 6. The van der Waals surface area contributed by atoms with E-state index in [4.69, 9.17) is 9.15 Å². The van der Waals surface area contributed by atoms with Crippen molar-refractivity contribution in [2.24, 2.45) is 0 Å². The first-order valence-corrected chi connectivity index (χ1v) is 9.86. The molecule has 1 fully saturated rings. The van der Waals surface area contributed by atoms with Gasteiger partial charge in [0.2, 0.25) is 0 Å². The summed E-state index contributed by atoms with van der Waals surface area (Å²) in [7, 11) is 0. The van der Waals surface area contributed by atoms with Gasteiger partial charge in [-0.3, -0.25) is 15.0 Å². The number of nitro groups is 1. The number of hydrogen-bond acceptors (Lipinski definition) is 7. The Morgan fingerprint density at radius 2 is 1.83 bits per heavy atom. The van der Waals surface area contributed by atoms with Crippen LogP contribution in [0, 0.1) is 17.0 Å². The summed E-state index contributed by atoms with van der Waals surface area (Å²) in [6.07, 6.45) is 0. The minimum absolute atomic E-state index is 0.186. The Bertz CT molecular complexity index is 1100. The van der Waals surface area contributed by atoms with Crippen molar-refractivity contribution in [2.45, 2.75) is 13.0 Å². The third-order valence-electron chi connectivity index (χ3n) is 5.31. The maximum absolute atomic E-state index is 12.4. The summed E-state index contributed by atoms with van der Waals surface area (Å²) in [6, 6.07) is 14.6. The van der Waals surface area contributed by atoms with E-state index in [2.05, 4.69) is 10.2 Å². The maximum Gasteiger partial charge on any atom is 0.417 e. The first-order valence-electron chi connectivity index (χ1n) is 9.86. The number of benzene rings is 2. The zero-order valence-corrected chi connectivity index (χ0v) is 16.7. The van der Waals surface area contributed by atoms with Gasteiger partial charge in [0.25, 0.3) is 0 Å². The molecule has 3 aromatic rings. The number of hydrogen-bond donors (Lipinski definition) is 1. The molecule has 0 aliphatic carbocycles. The molecule has 30 heavy (non-hydrogen) atoms. The number of morpholine rings is 1. The van der Waals surface area contributed by atoms with Crippen LogP contribution in [0.25, 0.3) is 11.0 Å². The van der Waals surface area contributed by atoms with E-state index in [0.717, 1.165) is 24.2 Å². The Morgan fingerprint density at radius 3 is 2.53 bits per heavy atom. The van der Waals surface area contributed by atoms with Crippen LogP contribution in [0.15, 0.2) is 57.7 Å². The molecule has 8 heteroatoms. The molecule has 0 amide bonds. The summed E-state index contributed by atoms with van der Waals surface area (Å²) in [5.74, 6) is 0. The van der Waals surface area contributed by atoms with Gasteiger partial charge >= 0.3 is 11.3 Å². The van der Waals surface area contributed by atoms with Crippen molar-refractivity contribution in [3.8, 4) is 0 Å². The van der Waals surface area contributed by atoms with Crippen LogP contribution in [0.4, 0.5) is 11.4 Å². The van der Waals surface area contributed by atoms with Crippen molar-refractivity contribution in [3.05, 3.63) is 80.2 Å². The fraction of sp³-hybridized carbons (Fsp3) is 0.318. The maximum atomic E-state index is 12.4. The summed E-state index contributed by atoms with van der Waals surface area (Å²) >= 11 is 0. The van der Waals surface area contributed by atoms with Crippen molar-refractivity contribution in [2.75, 3.05) is 38.2 Å². The van der Waals surface area contributed by atoms with E-state index < -0.39 is 16.2 Å². The van der Waals surface area contributed by atoms with E-state index in [1.54, 1.807) is 24.3 Å². The number of nitrogens with zero attached hydrogens (tertiary/aromatic N) is 2. The summed E-state index contributed by atoms with van der Waals surface area (Å²) < 4.78 is 10.6. The SMILES string of the molecule is Cc1ccc([C@@H](CN2CCOCC2)Nc2c([N+](=O)[O-])c(=O)oc3ccccc23)cc1. The van der Waals surface area contributed by atoms with Gasteiger partial charge in [-0.2, -0.15) is 0 Å². The Morgan fingerprint density at radius 1 is 1.13 bits per heavy atom. The molecule has 0 bridgehead atoms. The lowest BCUT2D eigenvalue weighted by Crippen LogP contribution is -2.40. The molecule has 8 nitrogen and oxygen atoms in total. The van der Waals surface area contributed by atoms with Gasteiger partial charge in [-0.15, -0.1) is 0 Å². The molecule has 0 radical (unpaired) electrons. The van der Waals surface area contributed by atoms with E-state index in [9.17, 15) is 14.9 Å². The van der Waals surface area contributed by atoms with Crippen LogP contribution in [-0.4, -0.2) is 42.7 Å². The van der Waals surface area contributed by atoms with Gasteiger partial charge in [0.15, 0.2) is 0 Å². The highest BCUT2D eigenvalue weighted by atomic mass is 16.6. The molecule has 1 aromatic heterocycles. The molecule has 1 saturated heterocycles. The van der Waals surface area contributed by atoms with E-state index in [0.29, 0.717) is 30.7 Å². The van der Waals surface area contributed by atoms with Crippen LogP contribution in [-0.2, 0) is 4.74 Å². The second kappa shape index (κ2) is 8.64. The highest BCUT2D eigenvalue weighted by Crippen LogP contribution is 2.33. The molecule has 2 heterocycles. The third kappa shape index (κ3) is 4.19. The predicted octanol–water partition coefficient (Wildman–Crippen LogP) is 3.50. The van der Waals surface area contributed by atoms with E-state index in [-0.39, 0.29) is 11.7 Å². The molecule has 0 spiro atoms. The molecule has 1 atom stereocenters. The molecular formula is C22H23N3O5. The van der Waals surface area contributed by atoms with Crippen molar-refractivity contribution < 1.29 is 14.1 Å². The standard InChI is InChI=1S/C22H23N3O5/c1-15-6-8-16(9-7-15)18(14-24-10-12-29-13-11-24)23-20-17-4-2-3-5-19(17)30-22(26)21(20)25(27)28/h2-9,18,23H,10-14H2,1H3/t18-/m1/s1. The summed E-state index contributed by atoms with van der Waals surface area (Å²) in [4.78, 5) is 25.7. The lowest BCUT2D eigenvalue weighted by Gasteiger charge is -2.31. The number of para-hydroxylation sites is 1. The van der Waals surface area contributed by atoms with Gasteiger partial charge < -0.3 is 14.5 Å². The normalized spacial score (nSPS) is 15.8. The minimum Gasteiger partial charge on any atom is -0.418 e. The minimum atomic E-state index is -0.963. The topological polar surface area (TPSA) is 97.9 Å². The smallest absolute Gasteiger partial charge is 0.417 e. The highest BCUT2D eigenvalue weighted by Gasteiger charge is 2.28. The molecule has 1 aliphatic rings. The second-order valence-corrected chi connectivity index (χ2v) is 7.39. The van der Waals surface area contributed by atoms with Crippen LogP contribution in [0.3, 0.4) is 0 Å². The van der Waals surface area contributed by atoms with Gasteiger partial charge in [-0.25, -0.2) is 4.79 Å². The number of anilines is 1. The van der Waals surface area contributed by atoms with Crippen molar-refractivity contribution in [1.29, 1.82) is 0 Å². The number of fused-ring (bicyclic) bond motifs is 1. The lowest BCUT2D eigenvalue weighted by molar-refractivity contribution is -0.386. The van der Waals surface area contributed by atoms with Crippen molar-refractivity contribution in [3.63, 3.8) is 0 Å². The van der Waals surface area contributed by atoms with Gasteiger partial charge in [0.1, 0.15) is 11.3 Å². The van der Waals surface area contributed by atoms with Crippen LogP contribution < -0.4 is 10.9 Å². The highest BCUT2D eigenvalue weighted by molar-refractivity contribution is 5.94. The number of ether oxygens (including phenoxy) is 1. The third-order valence-corrected chi connectivity index (χ3v) is 5.31. The van der Waals surface area contributed by atoms with Crippen molar-refractivity contribution >= 4 is 22.3 Å². The molecular weight excluding hydrogens is 386 g/mol. The zero-order valence-electron chi connectivity index (χ0n) is 16.7. The molecule has 2 aromatic carbocycles. The van der Waals surface area contributed by atoms with Gasteiger partial charge in [-0.05, 0) is 24.6 Å². The molecule has 1 N–H and O–H groups in total.